The van der Waals surface area contributed by atoms with Crippen molar-refractivity contribution >= 4 is 101 Å². The largest absolute Gasteiger partial charge is 0.508 e. The minimum Gasteiger partial charge on any atom is -0.508 e. The Labute approximate surface area is 655 Å². The molecule has 13 atom stereocenters. The van der Waals surface area contributed by atoms with Crippen LogP contribution >= 0.6 is 0 Å². The molecule has 15 amide bonds. The second-order valence-corrected chi connectivity index (χ2v) is 27.1. The van der Waals surface area contributed by atoms with Crippen molar-refractivity contribution in [2.24, 2.45) is 34.4 Å². The number of carbonyl (C=O) groups is 16. The van der Waals surface area contributed by atoms with Gasteiger partial charge in [0.2, 0.25) is 88.6 Å². The van der Waals surface area contributed by atoms with Gasteiger partial charge in [-0.05, 0) is 138 Å². The molecule has 0 saturated carbocycles. The van der Waals surface area contributed by atoms with Crippen molar-refractivity contribution < 1.29 is 102 Å². The number of aliphatic carboxylic acids is 1. The molecule has 114 heavy (non-hydrogen) atoms. The lowest BCUT2D eigenvalue weighted by Gasteiger charge is -2.28. The molecular formula is C72H107N21O21. The molecule has 1 aliphatic heterocycles. The van der Waals surface area contributed by atoms with Crippen molar-refractivity contribution in [1.82, 2.24) is 74.4 Å². The number of benzene rings is 3. The van der Waals surface area contributed by atoms with Crippen LogP contribution in [0.3, 0.4) is 0 Å². The predicted molar refractivity (Wildman–Crippen MR) is 406 cm³/mol. The Kier molecular flexibility index (Phi) is 40.7. The van der Waals surface area contributed by atoms with E-state index in [9.17, 15) is 102 Å². The fourth-order valence-electron chi connectivity index (χ4n) is 11.6. The first-order valence-electron chi connectivity index (χ1n) is 36.9. The number of rotatable bonds is 52. The number of phenols is 2. The van der Waals surface area contributed by atoms with E-state index in [1.165, 1.54) is 48.5 Å². The number of nitrogens with one attached hydrogen (secondary N) is 15. The van der Waals surface area contributed by atoms with Gasteiger partial charge < -0.3 is 134 Å². The molecule has 0 unspecified atom stereocenters. The zero-order valence-electron chi connectivity index (χ0n) is 63.0. The first-order chi connectivity index (χ1) is 54.1. The van der Waals surface area contributed by atoms with Crippen LogP contribution in [0.25, 0.3) is 0 Å². The monoisotopic (exact) mass is 1600 g/mol. The number of guanidine groups is 1. The summed E-state index contributed by atoms with van der Waals surface area (Å²) in [4.78, 5) is 219. The Morgan fingerprint density at radius 3 is 1.31 bits per heavy atom. The molecule has 32 N–H and O–H groups in total. The summed E-state index contributed by atoms with van der Waals surface area (Å²) in [5.41, 5.74) is 34.4. The third kappa shape index (κ3) is 34.6. The Morgan fingerprint density at radius 1 is 0.456 bits per heavy atom. The van der Waals surface area contributed by atoms with Gasteiger partial charge in [0.25, 0.3) is 0 Å². The number of carbonyl (C=O) groups excluding carboxylic acids is 15. The van der Waals surface area contributed by atoms with E-state index < -0.39 is 231 Å². The van der Waals surface area contributed by atoms with E-state index in [4.69, 9.17) is 39.8 Å². The number of phenolic OH excluding ortho intramolecular Hbond substituents is 2. The number of hydrogen-bond acceptors (Lipinski definition) is 24. The van der Waals surface area contributed by atoms with Crippen LogP contribution < -0.4 is 109 Å². The minimum atomic E-state index is -2.09. The number of carboxylic acid groups (broad SMARTS) is 1. The molecule has 0 aromatic heterocycles. The van der Waals surface area contributed by atoms with E-state index >= 15 is 0 Å². The summed E-state index contributed by atoms with van der Waals surface area (Å²) in [6, 6.07) is -1.07. The molecule has 1 saturated heterocycles. The van der Waals surface area contributed by atoms with E-state index in [1.54, 1.807) is 30.3 Å². The SMILES string of the molecule is C[C@@H](O)[C@H](NC(=O)[C@H](Cc1ccc(O)cc1)NC(=O)CNC(=O)[C@H](CCCNC(=N)N)NC(=O)[C@H](CO)NC(=O)[C@@H]1CCCN1)C(=O)N[C@@H](CC(N)=O)C(=O)N[C@@H](Cc1ccc(O)cc1)C(=O)N[C@@H](CC(N)=O)C(=O)N[C@@H](CCC(N)=O)C(=O)N[C@@H](CCCCN)C(=O)N[C@@H](Cc1ccccc1)C(=O)N[C@@H](CCCCN)C(=O)O. The minimum absolute atomic E-state index is 0.00133. The summed E-state index contributed by atoms with van der Waals surface area (Å²) in [7, 11) is 0. The van der Waals surface area contributed by atoms with Gasteiger partial charge in [0, 0.05) is 32.2 Å². The number of aliphatic hydroxyl groups excluding tert-OH is 2. The maximum atomic E-state index is 14.7. The number of hydrogen-bond donors (Lipinski definition) is 26. The van der Waals surface area contributed by atoms with Crippen molar-refractivity contribution in [2.75, 3.05) is 39.3 Å². The van der Waals surface area contributed by atoms with Crippen LogP contribution in [0.2, 0.25) is 0 Å². The van der Waals surface area contributed by atoms with Crippen molar-refractivity contribution in [2.45, 2.75) is 195 Å². The van der Waals surface area contributed by atoms with E-state index in [0.717, 1.165) is 6.92 Å². The Bertz CT molecular complexity index is 3780. The van der Waals surface area contributed by atoms with Gasteiger partial charge in [-0.15, -0.1) is 0 Å². The number of amides is 15. The van der Waals surface area contributed by atoms with Crippen LogP contribution in [0.1, 0.15) is 114 Å². The van der Waals surface area contributed by atoms with Crippen LogP contribution in [0.4, 0.5) is 0 Å². The normalized spacial score (nSPS) is 15.4. The summed E-state index contributed by atoms with van der Waals surface area (Å²) in [6.07, 6.45) is -4.04. The number of nitrogens with two attached hydrogens (primary N) is 6. The molecule has 3 aromatic rings. The van der Waals surface area contributed by atoms with E-state index in [1.807, 2.05) is 0 Å². The molecule has 42 nitrogen and oxygen atoms in total. The van der Waals surface area contributed by atoms with E-state index in [0.29, 0.717) is 44.2 Å². The second-order valence-electron chi connectivity index (χ2n) is 27.1. The predicted octanol–water partition coefficient (Wildman–Crippen LogP) is -8.68. The van der Waals surface area contributed by atoms with Crippen LogP contribution in [0.15, 0.2) is 78.9 Å². The number of aliphatic hydroxyl groups is 2. The van der Waals surface area contributed by atoms with Crippen LogP contribution in [-0.4, -0.2) is 244 Å². The summed E-state index contributed by atoms with van der Waals surface area (Å²) < 4.78 is 0. The standard InChI is InChI=1S/C72H107N21O21/c1-38(95)59(93-68(110)49(32-40-17-21-42(96)22-18-40)83-58(101)36-82-60(102)45(16-10-30-81-72(78)79)84-69(111)54(37-94)92-61(103)44-15-9-29-80-44)70(112)91-53(35-57(77)100)67(109)89-51(33-41-19-23-43(97)24-20-41)65(107)90-52(34-56(76)99)66(108)86-47(25-26-55(75)98)63(105)85-46(13-5-7-27-73)62(104)88-50(31-39-11-3-2-4-12-39)64(106)87-48(71(113)114)14-6-8-28-74/h2-4,11-12,17-24,38,44-54,59,80,94-97H,5-10,13-16,25-37,73-74H2,1H3,(H2,75,98)(H2,76,99)(H2,77,100)(H,82,102)(H,83,101)(H,84,111)(H,85,105)(H,86,108)(H,87,106)(H,88,104)(H,89,109)(H,90,107)(H,91,112)(H,92,103)(H,93,110)(H,113,114)(H4,78,79,81)/t38-,44+,45+,46+,47+,48+,49+,50+,51+,52+,53+,54+,59+/m1/s1. The molecular weight excluding hydrogens is 1490 g/mol. The third-order valence-corrected chi connectivity index (χ3v) is 17.8. The molecule has 0 bridgehead atoms. The quantitative estimate of drug-likeness (QED) is 0.0142. The van der Waals surface area contributed by atoms with E-state index in [2.05, 4.69) is 74.4 Å². The molecule has 42 heteroatoms. The lowest BCUT2D eigenvalue weighted by molar-refractivity contribution is -0.142. The molecule has 0 spiro atoms. The molecule has 1 aliphatic rings. The molecule has 1 heterocycles. The van der Waals surface area contributed by atoms with Crippen LogP contribution in [0, 0.1) is 5.41 Å². The first kappa shape index (κ1) is 94.2. The Hall–Kier alpha value is -12.2. The van der Waals surface area contributed by atoms with Gasteiger partial charge >= 0.3 is 5.97 Å². The highest BCUT2D eigenvalue weighted by Crippen LogP contribution is 2.17. The van der Waals surface area contributed by atoms with Crippen molar-refractivity contribution in [1.29, 1.82) is 5.41 Å². The molecule has 4 rings (SSSR count). The average molecular weight is 1600 g/mol. The van der Waals surface area contributed by atoms with Gasteiger partial charge in [0.15, 0.2) is 5.96 Å². The summed E-state index contributed by atoms with van der Waals surface area (Å²) >= 11 is 0. The number of primary amides is 3. The maximum absolute atomic E-state index is 14.7. The molecule has 0 radical (unpaired) electrons. The van der Waals surface area contributed by atoms with Gasteiger partial charge in [-0.25, -0.2) is 4.79 Å². The smallest absolute Gasteiger partial charge is 0.326 e. The Morgan fingerprint density at radius 2 is 0.860 bits per heavy atom. The highest BCUT2D eigenvalue weighted by atomic mass is 16.4. The summed E-state index contributed by atoms with van der Waals surface area (Å²) in [6.45, 7) is 0.242. The van der Waals surface area contributed by atoms with Gasteiger partial charge in [0.05, 0.1) is 38.1 Å². The van der Waals surface area contributed by atoms with Crippen molar-refractivity contribution in [3.05, 3.63) is 95.6 Å². The number of unbranched alkanes of at least 4 members (excludes halogenated alkanes) is 2. The third-order valence-electron chi connectivity index (χ3n) is 17.8. The zero-order valence-corrected chi connectivity index (χ0v) is 63.0. The fraction of sp³-hybridized carbons (Fsp3) is 0.514. The molecule has 626 valence electrons. The van der Waals surface area contributed by atoms with Gasteiger partial charge in [-0.2, -0.15) is 0 Å². The lowest BCUT2D eigenvalue weighted by Crippen LogP contribution is -2.62. The topological polar surface area (TPSA) is 723 Å². The lowest BCUT2D eigenvalue weighted by atomic mass is 10.0. The van der Waals surface area contributed by atoms with E-state index in [-0.39, 0.29) is 80.8 Å². The molecule has 1 fully saturated rings. The molecule has 3 aromatic carbocycles. The van der Waals surface area contributed by atoms with Crippen LogP contribution in [-0.2, 0) is 96.0 Å². The highest BCUT2D eigenvalue weighted by molar-refractivity contribution is 6.01. The maximum Gasteiger partial charge on any atom is 0.326 e. The Balaban J connectivity index is 1.61. The van der Waals surface area contributed by atoms with Crippen LogP contribution in [0.5, 0.6) is 11.5 Å². The second kappa shape index (κ2) is 49.3. The zero-order chi connectivity index (χ0) is 84.6. The number of carboxylic acids is 1. The van der Waals surface area contributed by atoms with Crippen molar-refractivity contribution in [3.63, 3.8) is 0 Å². The highest BCUT2D eigenvalue weighted by Gasteiger charge is 2.39. The molecule has 0 aliphatic carbocycles. The van der Waals surface area contributed by atoms with Gasteiger partial charge in [-0.1, -0.05) is 54.6 Å². The van der Waals surface area contributed by atoms with Gasteiger partial charge in [0.1, 0.15) is 78.0 Å². The van der Waals surface area contributed by atoms with Gasteiger partial charge in [-0.3, -0.25) is 77.3 Å². The summed E-state index contributed by atoms with van der Waals surface area (Å²) in [5, 5.41) is 92.9. The first-order valence-corrected chi connectivity index (χ1v) is 36.9. The number of aromatic hydroxyl groups is 2. The van der Waals surface area contributed by atoms with Crippen molar-refractivity contribution in [3.8, 4) is 11.5 Å². The fourth-order valence-corrected chi connectivity index (χ4v) is 11.6. The summed E-state index contributed by atoms with van der Waals surface area (Å²) in [5.74, 6) is -18.9. The average Bonchev–Trinajstić information content (AvgIpc) is 0.887.